The molecular weight excluding hydrogens is 298 g/mol. The van der Waals surface area contributed by atoms with E-state index in [1.165, 1.54) is 0 Å². The minimum atomic E-state index is -0.984. The zero-order valence-corrected chi connectivity index (χ0v) is 14.5. The average molecular weight is 325 g/mol. The summed E-state index contributed by atoms with van der Waals surface area (Å²) in [5.41, 5.74) is -1.55. The second-order valence-corrected chi connectivity index (χ2v) is 7.32. The van der Waals surface area contributed by atoms with E-state index in [4.69, 9.17) is 9.47 Å². The van der Waals surface area contributed by atoms with Crippen molar-refractivity contribution >= 4 is 17.8 Å². The quantitative estimate of drug-likeness (QED) is 0.740. The molecule has 0 N–H and O–H groups in total. The van der Waals surface area contributed by atoms with E-state index >= 15 is 0 Å². The Hall–Kier alpha value is -1.59. The fraction of sp³-hybridized carbons (Fsp3) is 0.824. The fourth-order valence-electron chi connectivity index (χ4n) is 3.77. The van der Waals surface area contributed by atoms with Gasteiger partial charge in [0.05, 0.1) is 13.0 Å². The van der Waals surface area contributed by atoms with E-state index in [2.05, 4.69) is 0 Å². The first-order chi connectivity index (χ1) is 10.7. The number of hydrogen-bond acceptors (Lipinski definition) is 5. The second-order valence-electron chi connectivity index (χ2n) is 7.32. The van der Waals surface area contributed by atoms with Crippen molar-refractivity contribution in [1.29, 1.82) is 0 Å². The lowest BCUT2D eigenvalue weighted by molar-refractivity contribution is -0.173. The lowest BCUT2D eigenvalue weighted by atomic mass is 9.74. The number of fused-ring (bicyclic) bond motifs is 1. The smallest absolute Gasteiger partial charge is 0.332 e. The number of nitrogens with zero attached hydrogens (tertiary/aromatic N) is 1. The number of hydrogen-bond donors (Lipinski definition) is 0. The van der Waals surface area contributed by atoms with E-state index in [0.29, 0.717) is 25.8 Å². The van der Waals surface area contributed by atoms with Crippen molar-refractivity contribution in [2.45, 2.75) is 70.9 Å². The predicted molar refractivity (Wildman–Crippen MR) is 83.5 cm³/mol. The van der Waals surface area contributed by atoms with Crippen LogP contribution >= 0.6 is 0 Å². The average Bonchev–Trinajstić information content (AvgIpc) is 2.87. The second kappa shape index (κ2) is 6.49. The van der Waals surface area contributed by atoms with Crippen molar-refractivity contribution in [3.63, 3.8) is 0 Å². The molecule has 23 heavy (non-hydrogen) atoms. The van der Waals surface area contributed by atoms with Crippen LogP contribution in [0.25, 0.3) is 0 Å². The van der Waals surface area contributed by atoms with Gasteiger partial charge in [-0.15, -0.1) is 0 Å². The van der Waals surface area contributed by atoms with Gasteiger partial charge in [-0.05, 0) is 47.0 Å². The Morgan fingerprint density at radius 2 is 2.04 bits per heavy atom. The maximum atomic E-state index is 12.7. The molecule has 1 amide bonds. The summed E-state index contributed by atoms with van der Waals surface area (Å²) >= 11 is 0. The third kappa shape index (κ3) is 3.51. The maximum Gasteiger partial charge on any atom is 0.332 e. The van der Waals surface area contributed by atoms with Crippen LogP contribution in [0.3, 0.4) is 0 Å². The number of esters is 2. The Labute approximate surface area is 137 Å². The first-order valence-corrected chi connectivity index (χ1v) is 8.40. The molecular formula is C17H27NO5. The van der Waals surface area contributed by atoms with Crippen molar-refractivity contribution in [2.75, 3.05) is 13.2 Å². The van der Waals surface area contributed by atoms with E-state index < -0.39 is 11.1 Å². The molecule has 0 unspecified atom stereocenters. The van der Waals surface area contributed by atoms with Crippen LogP contribution in [-0.2, 0) is 23.9 Å². The van der Waals surface area contributed by atoms with Gasteiger partial charge in [0, 0.05) is 18.9 Å². The van der Waals surface area contributed by atoms with Crippen molar-refractivity contribution in [2.24, 2.45) is 5.92 Å². The number of amides is 1. The van der Waals surface area contributed by atoms with Crippen LogP contribution in [0.2, 0.25) is 0 Å². The van der Waals surface area contributed by atoms with Crippen LogP contribution in [0.1, 0.15) is 59.8 Å². The SMILES string of the molecule is CCOC(=O)[C@]12CCCN1C(=O)CC[C@@H]2CC(=O)OC(C)(C)C. The number of carbonyl (C=O) groups excluding carboxylic acids is 3. The minimum Gasteiger partial charge on any atom is -0.464 e. The molecule has 2 aliphatic rings. The summed E-state index contributed by atoms with van der Waals surface area (Å²) in [5, 5.41) is 0. The van der Waals surface area contributed by atoms with Gasteiger partial charge in [-0.25, -0.2) is 4.79 Å². The molecule has 2 heterocycles. The minimum absolute atomic E-state index is 0.0176. The number of piperidine rings is 1. The van der Waals surface area contributed by atoms with Gasteiger partial charge in [0.25, 0.3) is 0 Å². The molecule has 2 fully saturated rings. The van der Waals surface area contributed by atoms with Crippen LogP contribution in [0.4, 0.5) is 0 Å². The molecule has 130 valence electrons. The summed E-state index contributed by atoms with van der Waals surface area (Å²) in [5.74, 6) is -0.959. The summed E-state index contributed by atoms with van der Waals surface area (Å²) in [6.45, 7) is 8.03. The molecule has 0 aromatic rings. The van der Waals surface area contributed by atoms with Gasteiger partial charge in [0.15, 0.2) is 0 Å². The van der Waals surface area contributed by atoms with E-state index in [1.54, 1.807) is 11.8 Å². The monoisotopic (exact) mass is 325 g/mol. The normalized spacial score (nSPS) is 27.6. The summed E-state index contributed by atoms with van der Waals surface area (Å²) in [4.78, 5) is 38.8. The van der Waals surface area contributed by atoms with Crippen molar-refractivity contribution in [3.05, 3.63) is 0 Å². The molecule has 0 bridgehead atoms. The lowest BCUT2D eigenvalue weighted by Gasteiger charge is -2.45. The number of ether oxygens (including phenoxy) is 2. The molecule has 6 nitrogen and oxygen atoms in total. The van der Waals surface area contributed by atoms with E-state index in [9.17, 15) is 14.4 Å². The van der Waals surface area contributed by atoms with Crippen LogP contribution in [0.15, 0.2) is 0 Å². The first-order valence-electron chi connectivity index (χ1n) is 8.40. The molecule has 2 rings (SSSR count). The molecule has 0 aliphatic carbocycles. The zero-order chi connectivity index (χ0) is 17.3. The summed E-state index contributed by atoms with van der Waals surface area (Å²) in [7, 11) is 0. The Balaban J connectivity index is 2.24. The van der Waals surface area contributed by atoms with Crippen LogP contribution in [-0.4, -0.2) is 47.0 Å². The van der Waals surface area contributed by atoms with Crippen LogP contribution < -0.4 is 0 Å². The molecule has 6 heteroatoms. The van der Waals surface area contributed by atoms with E-state index in [1.807, 2.05) is 20.8 Å². The molecule has 0 saturated carbocycles. The highest BCUT2D eigenvalue weighted by Crippen LogP contribution is 2.45. The summed E-state index contributed by atoms with van der Waals surface area (Å²) in [6, 6.07) is 0. The molecule has 2 saturated heterocycles. The van der Waals surface area contributed by atoms with E-state index in [0.717, 1.165) is 6.42 Å². The standard InChI is InChI=1S/C17H27NO5/c1-5-22-15(21)17-9-6-10-18(17)13(19)8-7-12(17)11-14(20)23-16(2,3)4/h12H,5-11H2,1-4H3/t12-,17-/m1/s1. The van der Waals surface area contributed by atoms with Gasteiger partial charge in [-0.2, -0.15) is 0 Å². The topological polar surface area (TPSA) is 72.9 Å². The van der Waals surface area contributed by atoms with Gasteiger partial charge in [0.2, 0.25) is 5.91 Å². The van der Waals surface area contributed by atoms with E-state index in [-0.39, 0.29) is 36.8 Å². The Morgan fingerprint density at radius 1 is 1.35 bits per heavy atom. The van der Waals surface area contributed by atoms with Gasteiger partial charge in [-0.1, -0.05) is 0 Å². The number of rotatable bonds is 4. The molecule has 2 atom stereocenters. The molecule has 0 spiro atoms. The van der Waals surface area contributed by atoms with Crippen LogP contribution in [0, 0.1) is 5.92 Å². The molecule has 2 aliphatic heterocycles. The Morgan fingerprint density at radius 3 is 2.65 bits per heavy atom. The lowest BCUT2D eigenvalue weighted by Crippen LogP contribution is -2.61. The zero-order valence-electron chi connectivity index (χ0n) is 14.5. The van der Waals surface area contributed by atoms with Crippen LogP contribution in [0.5, 0.6) is 0 Å². The van der Waals surface area contributed by atoms with Crippen molar-refractivity contribution in [1.82, 2.24) is 4.90 Å². The Bertz CT molecular complexity index is 496. The van der Waals surface area contributed by atoms with Crippen molar-refractivity contribution in [3.8, 4) is 0 Å². The first kappa shape index (κ1) is 17.8. The highest BCUT2D eigenvalue weighted by Gasteiger charge is 2.58. The summed E-state index contributed by atoms with van der Waals surface area (Å²) < 4.78 is 10.7. The third-order valence-electron chi connectivity index (χ3n) is 4.57. The Kier molecular flexibility index (Phi) is 5.01. The van der Waals surface area contributed by atoms with Gasteiger partial charge in [0.1, 0.15) is 11.1 Å². The van der Waals surface area contributed by atoms with Gasteiger partial charge < -0.3 is 14.4 Å². The van der Waals surface area contributed by atoms with Gasteiger partial charge >= 0.3 is 11.9 Å². The fourth-order valence-corrected chi connectivity index (χ4v) is 3.77. The molecule has 0 radical (unpaired) electrons. The highest BCUT2D eigenvalue weighted by molar-refractivity contribution is 5.91. The molecule has 0 aromatic heterocycles. The van der Waals surface area contributed by atoms with Gasteiger partial charge in [-0.3, -0.25) is 9.59 Å². The molecule has 0 aromatic carbocycles. The summed E-state index contributed by atoms with van der Waals surface area (Å²) in [6.07, 6.45) is 2.35. The largest absolute Gasteiger partial charge is 0.464 e. The third-order valence-corrected chi connectivity index (χ3v) is 4.57. The predicted octanol–water partition coefficient (Wildman–Crippen LogP) is 2.05. The highest BCUT2D eigenvalue weighted by atomic mass is 16.6. The van der Waals surface area contributed by atoms with Crippen molar-refractivity contribution < 1.29 is 23.9 Å². The number of carbonyl (C=O) groups is 3. The maximum absolute atomic E-state index is 12.7.